The highest BCUT2D eigenvalue weighted by Gasteiger charge is 2.59. The first-order valence-corrected chi connectivity index (χ1v) is 12.4. The average molecular weight is 461 g/mol. The molecular weight excluding hydrogens is 436 g/mol. The molecule has 170 valence electrons. The van der Waals surface area contributed by atoms with Crippen molar-refractivity contribution >= 4 is 33.5 Å². The molecule has 2 unspecified atom stereocenters. The third-order valence-electron chi connectivity index (χ3n) is 7.15. The van der Waals surface area contributed by atoms with Crippen molar-refractivity contribution in [3.63, 3.8) is 0 Å². The summed E-state index contributed by atoms with van der Waals surface area (Å²) in [5.41, 5.74) is 1.20. The lowest BCUT2D eigenvalue weighted by Crippen LogP contribution is -2.71. The Morgan fingerprint density at radius 3 is 2.47 bits per heavy atom. The molecule has 0 bridgehead atoms. The quantitative estimate of drug-likeness (QED) is 0.491. The number of hydrogen-bond donors (Lipinski definition) is 3. The zero-order chi connectivity index (χ0) is 22.7. The lowest BCUT2D eigenvalue weighted by molar-refractivity contribution is -0.136. The number of sulfone groups is 1. The minimum absolute atomic E-state index is 0.0700. The fourth-order valence-electron chi connectivity index (χ4n) is 5.28. The summed E-state index contributed by atoms with van der Waals surface area (Å²) >= 11 is 0. The maximum Gasteiger partial charge on any atom is 0.262 e. The van der Waals surface area contributed by atoms with Crippen LogP contribution in [0, 0.1) is 0 Å². The van der Waals surface area contributed by atoms with Crippen LogP contribution in [0.4, 0.5) is 0 Å². The van der Waals surface area contributed by atoms with Gasteiger partial charge in [0.2, 0.25) is 11.8 Å². The molecule has 0 aliphatic carbocycles. The van der Waals surface area contributed by atoms with Crippen LogP contribution in [-0.2, 0) is 26.0 Å². The zero-order valence-corrected chi connectivity index (χ0v) is 18.2. The molecule has 4 amide bonds. The predicted octanol–water partition coefficient (Wildman–Crippen LogP) is -0.903. The summed E-state index contributed by atoms with van der Waals surface area (Å²) in [4.78, 5) is 50.3. The van der Waals surface area contributed by atoms with Gasteiger partial charge in [-0.15, -0.1) is 0 Å². The molecule has 11 heteroatoms. The van der Waals surface area contributed by atoms with Crippen LogP contribution in [-0.4, -0.2) is 72.6 Å². The first-order valence-electron chi connectivity index (χ1n) is 10.7. The van der Waals surface area contributed by atoms with Crippen LogP contribution in [0.25, 0.3) is 0 Å². The SMILES string of the molecule is O=C1CCC(N2C(=O)c3ccc(CNC4CS(=O)(=O)C45CCNCC5)cc3C2=O)C(=O)N1. The Bertz CT molecular complexity index is 1140. The molecule has 4 heterocycles. The van der Waals surface area contributed by atoms with Gasteiger partial charge in [-0.25, -0.2) is 8.42 Å². The van der Waals surface area contributed by atoms with Crippen molar-refractivity contribution in [1.82, 2.24) is 20.9 Å². The smallest absolute Gasteiger partial charge is 0.262 e. The van der Waals surface area contributed by atoms with Gasteiger partial charge >= 0.3 is 0 Å². The Hall–Kier alpha value is -2.63. The third kappa shape index (κ3) is 3.10. The molecule has 4 aliphatic rings. The van der Waals surface area contributed by atoms with Crippen LogP contribution >= 0.6 is 0 Å². The highest BCUT2D eigenvalue weighted by atomic mass is 32.2. The minimum Gasteiger partial charge on any atom is -0.317 e. The number of amides is 4. The molecule has 1 aromatic rings. The lowest BCUT2D eigenvalue weighted by atomic mass is 9.88. The van der Waals surface area contributed by atoms with E-state index >= 15 is 0 Å². The van der Waals surface area contributed by atoms with Gasteiger partial charge in [-0.1, -0.05) is 6.07 Å². The minimum atomic E-state index is -3.12. The fourth-order valence-corrected chi connectivity index (χ4v) is 7.61. The average Bonchev–Trinajstić information content (AvgIpc) is 3.01. The van der Waals surface area contributed by atoms with E-state index in [0.717, 1.165) is 10.5 Å². The maximum atomic E-state index is 13.0. The van der Waals surface area contributed by atoms with E-state index in [-0.39, 0.29) is 35.8 Å². The van der Waals surface area contributed by atoms with Gasteiger partial charge in [-0.2, -0.15) is 0 Å². The van der Waals surface area contributed by atoms with E-state index in [0.29, 0.717) is 32.5 Å². The molecule has 3 fully saturated rings. The first kappa shape index (κ1) is 21.2. The number of rotatable bonds is 4. The van der Waals surface area contributed by atoms with Crippen molar-refractivity contribution in [1.29, 1.82) is 0 Å². The van der Waals surface area contributed by atoms with Crippen LogP contribution in [0.5, 0.6) is 0 Å². The Labute approximate surface area is 185 Å². The predicted molar refractivity (Wildman–Crippen MR) is 112 cm³/mol. The van der Waals surface area contributed by atoms with Gasteiger partial charge < -0.3 is 10.6 Å². The Kier molecular flexibility index (Phi) is 4.95. The van der Waals surface area contributed by atoms with E-state index in [1.54, 1.807) is 18.2 Å². The molecule has 0 aromatic heterocycles. The van der Waals surface area contributed by atoms with Gasteiger partial charge in [0.15, 0.2) is 9.84 Å². The van der Waals surface area contributed by atoms with Crippen molar-refractivity contribution in [2.24, 2.45) is 0 Å². The van der Waals surface area contributed by atoms with Crippen LogP contribution < -0.4 is 16.0 Å². The second kappa shape index (κ2) is 7.46. The van der Waals surface area contributed by atoms with Crippen LogP contribution in [0.2, 0.25) is 0 Å². The van der Waals surface area contributed by atoms with Gasteiger partial charge in [0.25, 0.3) is 11.8 Å². The van der Waals surface area contributed by atoms with E-state index in [9.17, 15) is 27.6 Å². The van der Waals surface area contributed by atoms with Gasteiger partial charge in [-0.3, -0.25) is 29.4 Å². The third-order valence-corrected chi connectivity index (χ3v) is 9.85. The molecule has 1 aromatic carbocycles. The van der Waals surface area contributed by atoms with E-state index < -0.39 is 44.3 Å². The molecule has 2 atom stereocenters. The second-order valence-corrected chi connectivity index (χ2v) is 11.2. The molecule has 1 spiro atoms. The summed E-state index contributed by atoms with van der Waals surface area (Å²) in [5.74, 6) is -2.06. The number of imide groups is 2. The van der Waals surface area contributed by atoms with Gasteiger partial charge in [0.05, 0.1) is 21.6 Å². The zero-order valence-electron chi connectivity index (χ0n) is 17.3. The van der Waals surface area contributed by atoms with Crippen molar-refractivity contribution in [3.8, 4) is 0 Å². The first-order chi connectivity index (χ1) is 15.2. The van der Waals surface area contributed by atoms with E-state index in [1.165, 1.54) is 0 Å². The summed E-state index contributed by atoms with van der Waals surface area (Å²) in [6, 6.07) is 3.77. The number of carbonyl (C=O) groups excluding carboxylic acids is 4. The number of nitrogens with zero attached hydrogens (tertiary/aromatic N) is 1. The summed E-state index contributed by atoms with van der Waals surface area (Å²) in [7, 11) is -3.12. The number of carbonyl (C=O) groups is 4. The lowest BCUT2D eigenvalue weighted by Gasteiger charge is -2.51. The standard InChI is InChI=1S/C21H24N4O6S/c26-17-4-3-15(18(27)24-17)25-19(28)13-2-1-12(9-14(13)20(25)29)10-23-16-11-32(30,31)21(16)5-7-22-8-6-21/h1-2,9,15-16,22-23H,3-8,10-11H2,(H,24,26,27). The van der Waals surface area contributed by atoms with Gasteiger partial charge in [-0.05, 0) is 50.0 Å². The molecule has 3 N–H and O–H groups in total. The number of hydrogen-bond acceptors (Lipinski definition) is 8. The molecule has 0 radical (unpaired) electrons. The normalized spacial score (nSPS) is 28.4. The fraction of sp³-hybridized carbons (Fsp3) is 0.524. The number of nitrogens with one attached hydrogen (secondary N) is 3. The van der Waals surface area contributed by atoms with E-state index in [1.807, 2.05) is 0 Å². The molecule has 32 heavy (non-hydrogen) atoms. The Morgan fingerprint density at radius 1 is 1.06 bits per heavy atom. The summed E-state index contributed by atoms with van der Waals surface area (Å²) < 4.78 is 24.2. The summed E-state index contributed by atoms with van der Waals surface area (Å²) in [6.45, 7) is 1.70. The van der Waals surface area contributed by atoms with Gasteiger partial charge in [0, 0.05) is 19.0 Å². The molecule has 10 nitrogen and oxygen atoms in total. The van der Waals surface area contributed by atoms with Crippen molar-refractivity contribution in [3.05, 3.63) is 34.9 Å². The largest absolute Gasteiger partial charge is 0.317 e. The van der Waals surface area contributed by atoms with E-state index in [4.69, 9.17) is 0 Å². The van der Waals surface area contributed by atoms with Crippen LogP contribution in [0.1, 0.15) is 52.0 Å². The number of piperidine rings is 2. The van der Waals surface area contributed by atoms with Crippen LogP contribution in [0.3, 0.4) is 0 Å². The second-order valence-electron chi connectivity index (χ2n) is 8.86. The molecule has 4 aliphatic heterocycles. The van der Waals surface area contributed by atoms with Crippen molar-refractivity contribution in [2.75, 3.05) is 18.8 Å². The van der Waals surface area contributed by atoms with Crippen LogP contribution in [0.15, 0.2) is 18.2 Å². The molecular formula is C21H24N4O6S. The molecule has 5 rings (SSSR count). The maximum absolute atomic E-state index is 13.0. The highest BCUT2D eigenvalue weighted by molar-refractivity contribution is 7.94. The number of benzene rings is 1. The van der Waals surface area contributed by atoms with E-state index in [2.05, 4.69) is 16.0 Å². The topological polar surface area (TPSA) is 142 Å². The monoisotopic (exact) mass is 460 g/mol. The number of fused-ring (bicyclic) bond motifs is 1. The van der Waals surface area contributed by atoms with Crippen molar-refractivity contribution < 1.29 is 27.6 Å². The van der Waals surface area contributed by atoms with Crippen molar-refractivity contribution in [2.45, 2.75) is 49.1 Å². The highest BCUT2D eigenvalue weighted by Crippen LogP contribution is 2.41. The molecule has 3 saturated heterocycles. The molecule has 0 saturated carbocycles. The summed E-state index contributed by atoms with van der Waals surface area (Å²) in [6.07, 6.45) is 1.33. The Balaban J connectivity index is 1.31. The van der Waals surface area contributed by atoms with Gasteiger partial charge in [0.1, 0.15) is 6.04 Å². The Morgan fingerprint density at radius 2 is 1.78 bits per heavy atom. The summed E-state index contributed by atoms with van der Waals surface area (Å²) in [5, 5.41) is 8.72.